The molecule has 120 valence electrons. The lowest BCUT2D eigenvalue weighted by atomic mass is 10.1. The molecule has 0 spiro atoms. The quantitative estimate of drug-likeness (QED) is 0.575. The van der Waals surface area contributed by atoms with Crippen molar-refractivity contribution in [3.8, 4) is 11.3 Å². The second-order valence-corrected chi connectivity index (χ2v) is 5.53. The standard InChI is InChI=1S/C18H11ClF2N2O/c19-13-4-1-11(2-5-13)18(24)8-6-14-10-17(23-22-14)12-3-7-15(20)16(21)9-12/h1-10,19H/p+1. The molecular formula is C18H12ClF2N2O+. The molecule has 0 saturated carbocycles. The minimum absolute atomic E-state index is 0.172. The first kappa shape index (κ1) is 16.1. The van der Waals surface area contributed by atoms with E-state index < -0.39 is 11.6 Å². The number of ketones is 1. The van der Waals surface area contributed by atoms with E-state index in [9.17, 15) is 13.6 Å². The summed E-state index contributed by atoms with van der Waals surface area (Å²) in [5.74, 6) is -2.02. The van der Waals surface area contributed by atoms with Crippen LogP contribution in [0.15, 0.2) is 54.6 Å². The lowest BCUT2D eigenvalue weighted by Gasteiger charge is -1.96. The van der Waals surface area contributed by atoms with Gasteiger partial charge in [0.1, 0.15) is 0 Å². The Balaban J connectivity index is 1.77. The van der Waals surface area contributed by atoms with E-state index in [4.69, 9.17) is 11.6 Å². The van der Waals surface area contributed by atoms with Gasteiger partial charge in [-0.2, -0.15) is 5.10 Å². The normalized spacial score (nSPS) is 11.1. The van der Waals surface area contributed by atoms with Gasteiger partial charge in [0.2, 0.25) is 5.02 Å². The first-order valence-electron chi connectivity index (χ1n) is 7.03. The molecular weight excluding hydrogens is 334 g/mol. The number of carbonyl (C=O) groups is 1. The summed E-state index contributed by atoms with van der Waals surface area (Å²) >= 11 is 4.97. The SMILES string of the molecule is O=C(/C=C/c1cc(-c2ccc(F)c(F)c2)n[nH]1)c1ccc([ClH+])cc1. The Hall–Kier alpha value is -2.79. The number of hydrogen-bond donors (Lipinski definition) is 1. The maximum absolute atomic E-state index is 13.3. The maximum Gasteiger partial charge on any atom is 0.225 e. The fourth-order valence-electron chi connectivity index (χ4n) is 2.11. The molecule has 0 aliphatic rings. The van der Waals surface area contributed by atoms with Gasteiger partial charge in [0.15, 0.2) is 29.0 Å². The van der Waals surface area contributed by atoms with E-state index in [1.807, 2.05) is 0 Å². The number of aromatic nitrogens is 2. The van der Waals surface area contributed by atoms with E-state index in [1.165, 1.54) is 12.1 Å². The highest BCUT2D eigenvalue weighted by molar-refractivity contribution is 6.06. The number of benzene rings is 2. The van der Waals surface area contributed by atoms with Crippen LogP contribution in [0.4, 0.5) is 8.78 Å². The van der Waals surface area contributed by atoms with Crippen LogP contribution in [0.2, 0.25) is 5.02 Å². The van der Waals surface area contributed by atoms with Gasteiger partial charge in [-0.05, 0) is 48.6 Å². The lowest BCUT2D eigenvalue weighted by molar-refractivity contribution is -0.288. The number of allylic oxidation sites excluding steroid dienone is 1. The van der Waals surface area contributed by atoms with Gasteiger partial charge in [-0.1, -0.05) is 0 Å². The summed E-state index contributed by atoms with van der Waals surface area (Å²) in [7, 11) is 0. The van der Waals surface area contributed by atoms with Crippen LogP contribution in [0, 0.1) is 23.2 Å². The van der Waals surface area contributed by atoms with Gasteiger partial charge < -0.3 is 0 Å². The van der Waals surface area contributed by atoms with E-state index in [1.54, 1.807) is 36.4 Å². The van der Waals surface area contributed by atoms with Crippen LogP contribution < -0.4 is 0 Å². The zero-order valence-electron chi connectivity index (χ0n) is 12.3. The van der Waals surface area contributed by atoms with Crippen LogP contribution in [0.1, 0.15) is 16.1 Å². The zero-order chi connectivity index (χ0) is 17.1. The van der Waals surface area contributed by atoms with Crippen LogP contribution >= 0.6 is 0 Å². The predicted octanol–water partition coefficient (Wildman–Crippen LogP) is 3.95. The Morgan fingerprint density at radius 3 is 2.50 bits per heavy atom. The summed E-state index contributed by atoms with van der Waals surface area (Å²) in [5.41, 5.74) is 2.00. The Morgan fingerprint density at radius 2 is 1.79 bits per heavy atom. The molecule has 3 aromatic rings. The third-order valence-electron chi connectivity index (χ3n) is 3.37. The van der Waals surface area contributed by atoms with Gasteiger partial charge >= 0.3 is 0 Å². The fourth-order valence-corrected chi connectivity index (χ4v) is 2.24. The summed E-state index contributed by atoms with van der Waals surface area (Å²) in [6.45, 7) is 0. The molecule has 6 heteroatoms. The monoisotopic (exact) mass is 345 g/mol. The van der Waals surface area contributed by atoms with Crippen molar-refractivity contribution in [2.45, 2.75) is 0 Å². The summed E-state index contributed by atoms with van der Waals surface area (Å²) in [6, 6.07) is 11.9. The summed E-state index contributed by atoms with van der Waals surface area (Å²) in [5, 5.41) is 7.43. The zero-order valence-corrected chi connectivity index (χ0v) is 13.1. The van der Waals surface area contributed by atoms with Crippen molar-refractivity contribution in [2.24, 2.45) is 0 Å². The number of aromatic amines is 1. The van der Waals surface area contributed by atoms with Gasteiger partial charge in [-0.25, -0.2) is 8.78 Å². The van der Waals surface area contributed by atoms with Crippen LogP contribution in [-0.2, 0) is 0 Å². The van der Waals surface area contributed by atoms with E-state index in [-0.39, 0.29) is 5.78 Å². The highest BCUT2D eigenvalue weighted by Crippen LogP contribution is 2.20. The average molecular weight is 346 g/mol. The Labute approximate surface area is 141 Å². The number of rotatable bonds is 4. The molecule has 1 heterocycles. The molecule has 2 aromatic carbocycles. The van der Waals surface area contributed by atoms with E-state index >= 15 is 0 Å². The first-order valence-corrected chi connectivity index (χ1v) is 7.44. The summed E-state index contributed by atoms with van der Waals surface area (Å²) in [6.07, 6.45) is 2.97. The molecule has 0 aliphatic carbocycles. The van der Waals surface area contributed by atoms with Crippen LogP contribution in [0.5, 0.6) is 0 Å². The summed E-state index contributed by atoms with van der Waals surface area (Å²) in [4.78, 5) is 12.0. The number of nitrogens with one attached hydrogen (secondary N) is 1. The van der Waals surface area contributed by atoms with Gasteiger partial charge in [0.05, 0.1) is 11.4 Å². The molecule has 3 nitrogen and oxygen atoms in total. The van der Waals surface area contributed by atoms with Crippen molar-refractivity contribution in [3.63, 3.8) is 0 Å². The highest BCUT2D eigenvalue weighted by atomic mass is 35.5. The molecule has 0 atom stereocenters. The Bertz CT molecular complexity index is 917. The van der Waals surface area contributed by atoms with Gasteiger partial charge in [-0.3, -0.25) is 9.89 Å². The van der Waals surface area contributed by atoms with Crippen LogP contribution in [-0.4, -0.2) is 16.0 Å². The molecule has 1 aromatic heterocycles. The van der Waals surface area contributed by atoms with Crippen molar-refractivity contribution >= 4 is 11.9 Å². The van der Waals surface area contributed by atoms with E-state index in [0.717, 1.165) is 12.1 Å². The number of hydrogen-bond acceptors (Lipinski definition) is 2. The average Bonchev–Trinajstić information content (AvgIpc) is 3.05. The molecule has 0 fully saturated rings. The van der Waals surface area contributed by atoms with Gasteiger partial charge in [-0.15, -0.1) is 0 Å². The van der Waals surface area contributed by atoms with Crippen molar-refractivity contribution in [2.75, 3.05) is 0 Å². The minimum Gasteiger partial charge on any atom is -0.289 e. The number of H-pyrrole nitrogens is 1. The molecule has 0 saturated heterocycles. The van der Waals surface area contributed by atoms with E-state index in [0.29, 0.717) is 27.5 Å². The topological polar surface area (TPSA) is 45.8 Å². The molecule has 1 N–H and O–H groups in total. The van der Waals surface area contributed by atoms with Crippen molar-refractivity contribution < 1.29 is 25.2 Å². The molecule has 0 amide bonds. The Morgan fingerprint density at radius 1 is 1.04 bits per heavy atom. The third-order valence-corrected chi connectivity index (χ3v) is 3.64. The third kappa shape index (κ3) is 3.58. The fraction of sp³-hybridized carbons (Fsp3) is 0. The molecule has 24 heavy (non-hydrogen) atoms. The van der Waals surface area contributed by atoms with Crippen molar-refractivity contribution in [3.05, 3.63) is 82.5 Å². The molecule has 0 radical (unpaired) electrons. The van der Waals surface area contributed by atoms with Crippen LogP contribution in [0.3, 0.4) is 0 Å². The maximum atomic E-state index is 13.3. The number of halogens is 3. The van der Waals surface area contributed by atoms with E-state index in [2.05, 4.69) is 10.2 Å². The minimum atomic E-state index is -0.937. The molecule has 0 aliphatic heterocycles. The van der Waals surface area contributed by atoms with Crippen molar-refractivity contribution in [1.29, 1.82) is 0 Å². The first-order chi connectivity index (χ1) is 11.5. The van der Waals surface area contributed by atoms with Gasteiger partial charge in [0, 0.05) is 23.3 Å². The summed E-state index contributed by atoms with van der Waals surface area (Å²) < 4.78 is 26.2. The number of carbonyl (C=O) groups excluding carboxylic acids is 1. The largest absolute Gasteiger partial charge is 0.289 e. The molecule has 0 bridgehead atoms. The van der Waals surface area contributed by atoms with Crippen molar-refractivity contribution in [1.82, 2.24) is 10.2 Å². The second-order valence-electron chi connectivity index (χ2n) is 5.06. The second kappa shape index (κ2) is 6.76. The molecule has 3 rings (SSSR count). The van der Waals surface area contributed by atoms with Crippen LogP contribution in [0.25, 0.3) is 17.3 Å². The smallest absolute Gasteiger partial charge is 0.225 e. The predicted molar refractivity (Wildman–Crippen MR) is 84.3 cm³/mol. The van der Waals surface area contributed by atoms with Gasteiger partial charge in [0.25, 0.3) is 0 Å². The lowest BCUT2D eigenvalue weighted by Crippen LogP contribution is -1.93. The molecule has 0 unspecified atom stereocenters. The Kier molecular flexibility index (Phi) is 4.53. The highest BCUT2D eigenvalue weighted by Gasteiger charge is 2.08. The number of nitrogens with zero attached hydrogens (tertiary/aromatic N) is 1.